The molecule has 28 heavy (non-hydrogen) atoms. The molecule has 0 atom stereocenters. The van der Waals surface area contributed by atoms with Gasteiger partial charge in [-0.15, -0.1) is 0 Å². The number of amides is 1. The smallest absolute Gasteiger partial charge is 0.255 e. The van der Waals surface area contributed by atoms with Crippen molar-refractivity contribution in [2.75, 3.05) is 13.7 Å². The highest BCUT2D eigenvalue weighted by atomic mass is 16.5. The summed E-state index contributed by atoms with van der Waals surface area (Å²) >= 11 is 0. The number of aryl methyl sites for hydroxylation is 1. The maximum absolute atomic E-state index is 12.9. The van der Waals surface area contributed by atoms with E-state index in [4.69, 9.17) is 9.47 Å². The van der Waals surface area contributed by atoms with E-state index in [1.807, 2.05) is 29.7 Å². The predicted octanol–water partition coefficient (Wildman–Crippen LogP) is 3.89. The van der Waals surface area contributed by atoms with E-state index in [2.05, 4.69) is 31.1 Å². The van der Waals surface area contributed by atoms with Crippen molar-refractivity contribution in [2.45, 2.75) is 72.1 Å². The Bertz CT molecular complexity index is 814. The molecule has 3 rings (SSSR count). The number of fused-ring (bicyclic) bond motifs is 1. The number of hydrogen-bond acceptors (Lipinski definition) is 4. The van der Waals surface area contributed by atoms with Crippen molar-refractivity contribution in [3.05, 3.63) is 35.3 Å². The molecule has 0 saturated heterocycles. The van der Waals surface area contributed by atoms with Gasteiger partial charge in [-0.25, -0.2) is 4.98 Å². The quantitative estimate of drug-likeness (QED) is 0.817. The first kappa shape index (κ1) is 20.8. The summed E-state index contributed by atoms with van der Waals surface area (Å²) in [6.45, 7) is 9.79. The number of rotatable bonds is 6. The minimum absolute atomic E-state index is 0.0528. The summed E-state index contributed by atoms with van der Waals surface area (Å²) in [5, 5.41) is 3.20. The first-order valence-corrected chi connectivity index (χ1v) is 10.2. The van der Waals surface area contributed by atoms with Crippen molar-refractivity contribution in [2.24, 2.45) is 5.41 Å². The van der Waals surface area contributed by atoms with E-state index in [0.717, 1.165) is 43.7 Å². The molecular weight excluding hydrogens is 354 g/mol. The molecule has 2 heterocycles. The van der Waals surface area contributed by atoms with Crippen LogP contribution in [-0.4, -0.2) is 41.2 Å². The van der Waals surface area contributed by atoms with Crippen LogP contribution in [0.5, 0.6) is 0 Å². The second kappa shape index (κ2) is 8.62. The normalized spacial score (nSPS) is 20.5. The van der Waals surface area contributed by atoms with Crippen molar-refractivity contribution in [1.82, 2.24) is 14.7 Å². The summed E-state index contributed by atoms with van der Waals surface area (Å²) in [4.78, 5) is 17.5. The maximum Gasteiger partial charge on any atom is 0.255 e. The third-order valence-electron chi connectivity index (χ3n) is 5.16. The molecule has 1 aliphatic rings. The highest BCUT2D eigenvalue weighted by Gasteiger charge is 2.25. The van der Waals surface area contributed by atoms with Gasteiger partial charge in [0.1, 0.15) is 5.65 Å². The van der Waals surface area contributed by atoms with Gasteiger partial charge < -0.3 is 19.2 Å². The van der Waals surface area contributed by atoms with Gasteiger partial charge >= 0.3 is 0 Å². The molecule has 0 bridgehead atoms. The monoisotopic (exact) mass is 387 g/mol. The van der Waals surface area contributed by atoms with Gasteiger partial charge in [0.05, 0.1) is 30.6 Å². The molecule has 0 spiro atoms. The average molecular weight is 388 g/mol. The van der Waals surface area contributed by atoms with Crippen LogP contribution in [0.4, 0.5) is 0 Å². The van der Waals surface area contributed by atoms with E-state index in [9.17, 15) is 4.79 Å². The molecule has 1 amide bonds. The molecule has 1 saturated carbocycles. The minimum Gasteiger partial charge on any atom is -0.378 e. The lowest BCUT2D eigenvalue weighted by atomic mass is 9.92. The minimum atomic E-state index is -0.0528. The molecule has 1 N–H and O–H groups in total. The Morgan fingerprint density at radius 3 is 2.64 bits per heavy atom. The average Bonchev–Trinajstić information content (AvgIpc) is 3.05. The molecule has 0 aliphatic heterocycles. The number of nitrogens with one attached hydrogen (secondary N) is 1. The molecule has 2 aromatic rings. The molecule has 0 unspecified atom stereocenters. The van der Waals surface area contributed by atoms with Crippen molar-refractivity contribution < 1.29 is 14.3 Å². The third kappa shape index (κ3) is 5.11. The number of aromatic nitrogens is 2. The molecule has 1 fully saturated rings. The molecule has 154 valence electrons. The fourth-order valence-electron chi connectivity index (χ4n) is 3.71. The largest absolute Gasteiger partial charge is 0.378 e. The van der Waals surface area contributed by atoms with Gasteiger partial charge in [0.2, 0.25) is 0 Å². The number of carbonyl (C=O) groups is 1. The number of carbonyl (C=O) groups excluding carboxylic acids is 1. The zero-order valence-electron chi connectivity index (χ0n) is 17.7. The van der Waals surface area contributed by atoms with Gasteiger partial charge in [-0.3, -0.25) is 4.79 Å². The number of nitrogens with zero attached hydrogens (tertiary/aromatic N) is 2. The van der Waals surface area contributed by atoms with E-state index in [-0.39, 0.29) is 17.4 Å². The number of methoxy groups -OCH3 is 1. The van der Waals surface area contributed by atoms with Gasteiger partial charge in [0.25, 0.3) is 5.91 Å². The molecule has 6 nitrogen and oxygen atoms in total. The van der Waals surface area contributed by atoms with Crippen LogP contribution in [0.15, 0.2) is 18.3 Å². The Kier molecular flexibility index (Phi) is 6.40. The van der Waals surface area contributed by atoms with Gasteiger partial charge in [0.15, 0.2) is 0 Å². The van der Waals surface area contributed by atoms with Crippen LogP contribution in [0.2, 0.25) is 0 Å². The summed E-state index contributed by atoms with van der Waals surface area (Å²) < 4.78 is 13.2. The summed E-state index contributed by atoms with van der Waals surface area (Å²) in [5.74, 6) is -0.0528. The molecule has 0 aromatic carbocycles. The highest BCUT2D eigenvalue weighted by Crippen LogP contribution is 2.24. The Balaban J connectivity index is 1.61. The van der Waals surface area contributed by atoms with Crippen molar-refractivity contribution >= 4 is 11.6 Å². The molecule has 6 heteroatoms. The van der Waals surface area contributed by atoms with Crippen LogP contribution < -0.4 is 5.32 Å². The Labute approximate surface area is 167 Å². The Hall–Kier alpha value is -1.92. The fraction of sp³-hybridized carbons (Fsp3) is 0.636. The zero-order chi connectivity index (χ0) is 20.3. The number of hydrogen-bond donors (Lipinski definition) is 1. The van der Waals surface area contributed by atoms with Crippen LogP contribution in [0, 0.1) is 12.3 Å². The van der Waals surface area contributed by atoms with E-state index in [1.165, 1.54) is 0 Å². The standard InChI is InChI=1S/C22H33N3O3/c1-15-12-17(13-27-5)23-20-19(10-11-25(15)20)21(26)24-16-6-8-18(9-7-16)28-14-22(2,3)4/h10-12,16,18H,6-9,13-14H2,1-5H3,(H,24,26)/t16-,18-. The van der Waals surface area contributed by atoms with E-state index in [0.29, 0.717) is 23.9 Å². The zero-order valence-corrected chi connectivity index (χ0v) is 17.7. The Morgan fingerprint density at radius 2 is 2.00 bits per heavy atom. The summed E-state index contributed by atoms with van der Waals surface area (Å²) in [7, 11) is 1.65. The molecule has 1 aliphatic carbocycles. The topological polar surface area (TPSA) is 64.9 Å². The fourth-order valence-corrected chi connectivity index (χ4v) is 3.71. The Morgan fingerprint density at radius 1 is 1.29 bits per heavy atom. The van der Waals surface area contributed by atoms with E-state index in [1.54, 1.807) is 7.11 Å². The second-order valence-corrected chi connectivity index (χ2v) is 9.06. The summed E-state index contributed by atoms with van der Waals surface area (Å²) in [6.07, 6.45) is 6.10. The molecule has 2 aromatic heterocycles. The molecular formula is C22H33N3O3. The van der Waals surface area contributed by atoms with Gasteiger partial charge in [-0.05, 0) is 50.2 Å². The second-order valence-electron chi connectivity index (χ2n) is 9.06. The van der Waals surface area contributed by atoms with Gasteiger partial charge in [-0.2, -0.15) is 0 Å². The first-order valence-electron chi connectivity index (χ1n) is 10.2. The van der Waals surface area contributed by atoms with Crippen LogP contribution in [0.3, 0.4) is 0 Å². The predicted molar refractivity (Wildman–Crippen MR) is 110 cm³/mol. The van der Waals surface area contributed by atoms with Crippen molar-refractivity contribution in [1.29, 1.82) is 0 Å². The maximum atomic E-state index is 12.9. The van der Waals surface area contributed by atoms with E-state index < -0.39 is 0 Å². The lowest BCUT2D eigenvalue weighted by molar-refractivity contribution is -0.0134. The molecule has 0 radical (unpaired) electrons. The van der Waals surface area contributed by atoms with Crippen LogP contribution in [0.25, 0.3) is 5.65 Å². The lowest BCUT2D eigenvalue weighted by Gasteiger charge is -2.31. The lowest BCUT2D eigenvalue weighted by Crippen LogP contribution is -2.39. The van der Waals surface area contributed by atoms with Crippen LogP contribution >= 0.6 is 0 Å². The van der Waals surface area contributed by atoms with Crippen LogP contribution in [0.1, 0.15) is 68.2 Å². The van der Waals surface area contributed by atoms with E-state index >= 15 is 0 Å². The summed E-state index contributed by atoms with van der Waals surface area (Å²) in [5.41, 5.74) is 3.36. The van der Waals surface area contributed by atoms with Crippen molar-refractivity contribution in [3.63, 3.8) is 0 Å². The van der Waals surface area contributed by atoms with Crippen molar-refractivity contribution in [3.8, 4) is 0 Å². The van der Waals surface area contributed by atoms with Crippen LogP contribution in [-0.2, 0) is 16.1 Å². The third-order valence-corrected chi connectivity index (χ3v) is 5.16. The summed E-state index contributed by atoms with van der Waals surface area (Å²) in [6, 6.07) is 4.02. The van der Waals surface area contributed by atoms with Gasteiger partial charge in [-0.1, -0.05) is 20.8 Å². The SMILES string of the molecule is COCc1cc(C)n2ccc(C(=O)N[C@H]3CC[C@H](OCC(C)(C)C)CC3)c2n1. The number of ether oxygens (including phenoxy) is 2. The highest BCUT2D eigenvalue weighted by molar-refractivity contribution is 6.00. The van der Waals surface area contributed by atoms with Gasteiger partial charge in [0, 0.05) is 25.0 Å². The first-order chi connectivity index (χ1) is 13.3.